The molecule has 0 aromatic heterocycles. The van der Waals surface area contributed by atoms with Gasteiger partial charge in [0.1, 0.15) is 5.60 Å². The standard InChI is InChI=1S/C16H20ClNO3/c1-16(2,3)21-15(20)18-10-12-7-5-4-6-11(12)8-13(18)14(19)9-17/h4-7,13H,8-10H2,1-3H3. The second kappa shape index (κ2) is 6.06. The van der Waals surface area contributed by atoms with Gasteiger partial charge in [-0.15, -0.1) is 11.6 Å². The summed E-state index contributed by atoms with van der Waals surface area (Å²) in [6, 6.07) is 7.26. The summed E-state index contributed by atoms with van der Waals surface area (Å²) in [5, 5.41) is 0. The maximum absolute atomic E-state index is 12.4. The van der Waals surface area contributed by atoms with E-state index in [1.165, 1.54) is 4.90 Å². The molecule has 0 saturated carbocycles. The number of hydrogen-bond acceptors (Lipinski definition) is 3. The van der Waals surface area contributed by atoms with Crippen LogP contribution in [0.4, 0.5) is 4.79 Å². The number of hydrogen-bond donors (Lipinski definition) is 0. The van der Waals surface area contributed by atoms with Crippen LogP contribution in [0.1, 0.15) is 31.9 Å². The topological polar surface area (TPSA) is 46.6 Å². The molecule has 1 aromatic carbocycles. The van der Waals surface area contributed by atoms with Gasteiger partial charge >= 0.3 is 6.09 Å². The lowest BCUT2D eigenvalue weighted by Gasteiger charge is -2.36. The van der Waals surface area contributed by atoms with E-state index in [1.54, 1.807) is 20.8 Å². The first-order valence-electron chi connectivity index (χ1n) is 6.97. The van der Waals surface area contributed by atoms with E-state index in [0.29, 0.717) is 13.0 Å². The molecule has 1 unspecified atom stereocenters. The van der Waals surface area contributed by atoms with Crippen LogP contribution in [0.15, 0.2) is 24.3 Å². The quantitative estimate of drug-likeness (QED) is 0.788. The zero-order valence-corrected chi connectivity index (χ0v) is 13.3. The number of nitrogens with zero attached hydrogens (tertiary/aromatic N) is 1. The Morgan fingerprint density at radius 3 is 2.48 bits per heavy atom. The number of Topliss-reactive ketones (excluding diaryl/α,β-unsaturated/α-hetero) is 1. The molecule has 2 rings (SSSR count). The molecular weight excluding hydrogens is 290 g/mol. The molecule has 4 nitrogen and oxygen atoms in total. The highest BCUT2D eigenvalue weighted by atomic mass is 35.5. The maximum atomic E-state index is 12.4. The minimum absolute atomic E-state index is 0.105. The highest BCUT2D eigenvalue weighted by Gasteiger charge is 2.36. The summed E-state index contributed by atoms with van der Waals surface area (Å²) in [6.45, 7) is 5.79. The molecule has 0 bridgehead atoms. The molecule has 1 aliphatic rings. The highest BCUT2D eigenvalue weighted by molar-refractivity contribution is 6.28. The molecule has 21 heavy (non-hydrogen) atoms. The number of benzene rings is 1. The molecule has 1 aliphatic heterocycles. The molecule has 1 atom stereocenters. The third kappa shape index (κ3) is 3.76. The van der Waals surface area contributed by atoms with Crippen LogP contribution in [-0.4, -0.2) is 34.3 Å². The summed E-state index contributed by atoms with van der Waals surface area (Å²) in [6.07, 6.45) is 0.0153. The molecule has 0 saturated heterocycles. The highest BCUT2D eigenvalue weighted by Crippen LogP contribution is 2.26. The van der Waals surface area contributed by atoms with Crippen LogP contribution >= 0.6 is 11.6 Å². The van der Waals surface area contributed by atoms with Gasteiger partial charge in [-0.1, -0.05) is 24.3 Å². The number of carbonyl (C=O) groups is 2. The third-order valence-corrected chi connectivity index (χ3v) is 3.64. The van der Waals surface area contributed by atoms with E-state index in [1.807, 2.05) is 24.3 Å². The van der Waals surface area contributed by atoms with Crippen LogP contribution in [0.5, 0.6) is 0 Å². The Hall–Kier alpha value is -1.55. The van der Waals surface area contributed by atoms with Crippen molar-refractivity contribution in [3.63, 3.8) is 0 Å². The Morgan fingerprint density at radius 2 is 1.90 bits per heavy atom. The Kier molecular flexibility index (Phi) is 4.57. The average Bonchev–Trinajstić information content (AvgIpc) is 2.43. The maximum Gasteiger partial charge on any atom is 0.411 e. The zero-order valence-electron chi connectivity index (χ0n) is 12.6. The van der Waals surface area contributed by atoms with Crippen molar-refractivity contribution in [2.75, 3.05) is 5.88 Å². The van der Waals surface area contributed by atoms with Crippen molar-refractivity contribution in [3.8, 4) is 0 Å². The van der Waals surface area contributed by atoms with Crippen LogP contribution in [0.2, 0.25) is 0 Å². The van der Waals surface area contributed by atoms with Gasteiger partial charge < -0.3 is 4.74 Å². The number of carbonyl (C=O) groups excluding carboxylic acids is 2. The van der Waals surface area contributed by atoms with Gasteiger partial charge in [0.25, 0.3) is 0 Å². The molecule has 114 valence electrons. The molecule has 1 heterocycles. The van der Waals surface area contributed by atoms with E-state index in [2.05, 4.69) is 0 Å². The molecule has 1 aromatic rings. The van der Waals surface area contributed by atoms with Gasteiger partial charge in [0.05, 0.1) is 18.5 Å². The van der Waals surface area contributed by atoms with Crippen molar-refractivity contribution in [2.24, 2.45) is 0 Å². The predicted octanol–water partition coefficient (Wildman–Crippen LogP) is 3.16. The summed E-state index contributed by atoms with van der Waals surface area (Å²) < 4.78 is 5.41. The molecular formula is C16H20ClNO3. The summed E-state index contributed by atoms with van der Waals surface area (Å²) in [4.78, 5) is 25.9. The van der Waals surface area contributed by atoms with Gasteiger partial charge in [0, 0.05) is 6.42 Å². The first-order chi connectivity index (χ1) is 9.81. The number of rotatable bonds is 2. The van der Waals surface area contributed by atoms with Crippen molar-refractivity contribution >= 4 is 23.5 Å². The Balaban J connectivity index is 2.28. The first-order valence-corrected chi connectivity index (χ1v) is 7.50. The van der Waals surface area contributed by atoms with Crippen LogP contribution in [0, 0.1) is 0 Å². The molecule has 0 fully saturated rings. The van der Waals surface area contributed by atoms with Crippen molar-refractivity contribution in [1.82, 2.24) is 4.90 Å². The van der Waals surface area contributed by atoms with Crippen LogP contribution in [0.25, 0.3) is 0 Å². The first kappa shape index (κ1) is 15.8. The molecule has 0 aliphatic carbocycles. The average molecular weight is 310 g/mol. The van der Waals surface area contributed by atoms with E-state index >= 15 is 0 Å². The van der Waals surface area contributed by atoms with Crippen LogP contribution in [-0.2, 0) is 22.5 Å². The number of ether oxygens (including phenoxy) is 1. The van der Waals surface area contributed by atoms with Crippen molar-refractivity contribution < 1.29 is 14.3 Å². The van der Waals surface area contributed by atoms with Gasteiger partial charge in [-0.25, -0.2) is 4.79 Å². The molecule has 1 amide bonds. The predicted molar refractivity (Wildman–Crippen MR) is 81.4 cm³/mol. The summed E-state index contributed by atoms with van der Waals surface area (Å²) in [5.41, 5.74) is 1.53. The second-order valence-electron chi connectivity index (χ2n) is 6.20. The largest absolute Gasteiger partial charge is 0.444 e. The Morgan fingerprint density at radius 1 is 1.29 bits per heavy atom. The van der Waals surface area contributed by atoms with E-state index < -0.39 is 17.7 Å². The fourth-order valence-corrected chi connectivity index (χ4v) is 2.59. The molecule has 0 radical (unpaired) electrons. The van der Waals surface area contributed by atoms with Gasteiger partial charge in [-0.3, -0.25) is 9.69 Å². The molecule has 0 spiro atoms. The minimum atomic E-state index is -0.595. The van der Waals surface area contributed by atoms with E-state index in [9.17, 15) is 9.59 Å². The second-order valence-corrected chi connectivity index (χ2v) is 6.46. The number of amides is 1. The number of ketones is 1. The molecule has 0 N–H and O–H groups in total. The lowest BCUT2D eigenvalue weighted by atomic mass is 9.92. The lowest BCUT2D eigenvalue weighted by molar-refractivity contribution is -0.122. The fraction of sp³-hybridized carbons (Fsp3) is 0.500. The van der Waals surface area contributed by atoms with Crippen molar-refractivity contribution in [1.29, 1.82) is 0 Å². The van der Waals surface area contributed by atoms with E-state index in [4.69, 9.17) is 16.3 Å². The van der Waals surface area contributed by atoms with E-state index in [-0.39, 0.29) is 11.7 Å². The summed E-state index contributed by atoms with van der Waals surface area (Å²) in [5.74, 6) is -0.261. The van der Waals surface area contributed by atoms with Gasteiger partial charge in [0.15, 0.2) is 5.78 Å². The monoisotopic (exact) mass is 309 g/mol. The normalized spacial score (nSPS) is 18.1. The fourth-order valence-electron chi connectivity index (χ4n) is 2.41. The SMILES string of the molecule is CC(C)(C)OC(=O)N1Cc2ccccc2CC1C(=O)CCl. The van der Waals surface area contributed by atoms with Gasteiger partial charge in [0.2, 0.25) is 0 Å². The van der Waals surface area contributed by atoms with Gasteiger partial charge in [-0.2, -0.15) is 0 Å². The van der Waals surface area contributed by atoms with Crippen LogP contribution in [0.3, 0.4) is 0 Å². The summed E-state index contributed by atoms with van der Waals surface area (Å²) in [7, 11) is 0. The van der Waals surface area contributed by atoms with Crippen molar-refractivity contribution in [3.05, 3.63) is 35.4 Å². The molecule has 5 heteroatoms. The third-order valence-electron chi connectivity index (χ3n) is 3.38. The lowest BCUT2D eigenvalue weighted by Crippen LogP contribution is -2.50. The number of halogens is 1. The van der Waals surface area contributed by atoms with Crippen LogP contribution < -0.4 is 0 Å². The van der Waals surface area contributed by atoms with Gasteiger partial charge in [-0.05, 0) is 31.9 Å². The zero-order chi connectivity index (χ0) is 15.6. The minimum Gasteiger partial charge on any atom is -0.444 e. The Bertz CT molecular complexity index is 551. The van der Waals surface area contributed by atoms with E-state index in [0.717, 1.165) is 11.1 Å². The number of alkyl halides is 1. The smallest absolute Gasteiger partial charge is 0.411 e. The Labute approximate surface area is 130 Å². The summed E-state index contributed by atoms with van der Waals surface area (Å²) >= 11 is 5.69. The van der Waals surface area contributed by atoms with Crippen molar-refractivity contribution in [2.45, 2.75) is 45.4 Å². The number of fused-ring (bicyclic) bond motifs is 1.